The fourth-order valence-corrected chi connectivity index (χ4v) is 20.4. The number of rotatable bonds is 15. The summed E-state index contributed by atoms with van der Waals surface area (Å²) in [5.74, 6) is 1.19. The van der Waals surface area contributed by atoms with Gasteiger partial charge in [-0.1, -0.05) is 284 Å². The maximum absolute atomic E-state index is 15.7. The first-order chi connectivity index (χ1) is 67.7. The van der Waals surface area contributed by atoms with Crippen LogP contribution in [0.25, 0.3) is 201 Å². The van der Waals surface area contributed by atoms with Crippen molar-refractivity contribution in [2.45, 2.75) is 87.0 Å². The summed E-state index contributed by atoms with van der Waals surface area (Å²) in [6.07, 6.45) is -19.4. The molecule has 0 radical (unpaired) electrons. The van der Waals surface area contributed by atoms with E-state index in [0.29, 0.717) is 44.3 Å². The SMILES string of the molecule is Cc1cc(C)c(-c2ccc3c(c2)c2cc(-c4c(C)cc(C)cc4C)ccc2n3-c2c(-c3ccccc3C(F)(F)F)cc(-c3nc(-c4ccccc4)nc(-c4ccccc4)n3)cc2-c2ccccc2C(F)(F)F)c(C)c1.Cc1cc(C)c(-c2ccc3c(c2)c2ccccc2n3-c2c(-c3ccccc3C(F)(F)F)cc(-c3nc(-c4ccccc4)nc(-c4ccccc4)n3)cc2-c2ccccc2C(F)(F)F)c(C)c1. The van der Waals surface area contributed by atoms with Crippen LogP contribution < -0.4 is 0 Å². The van der Waals surface area contributed by atoms with Gasteiger partial charge in [0.1, 0.15) is 0 Å². The fourth-order valence-electron chi connectivity index (χ4n) is 20.4. The van der Waals surface area contributed by atoms with Gasteiger partial charge < -0.3 is 9.13 Å². The number of para-hydroxylation sites is 1. The Bertz CT molecular complexity index is 8050. The summed E-state index contributed by atoms with van der Waals surface area (Å²) in [6, 6.07) is 102. The zero-order valence-corrected chi connectivity index (χ0v) is 77.7. The molecule has 0 unspecified atom stereocenters. The third-order valence-electron chi connectivity index (χ3n) is 26.0. The first-order valence-electron chi connectivity index (χ1n) is 45.8. The van der Waals surface area contributed by atoms with Crippen molar-refractivity contribution in [3.8, 4) is 158 Å². The topological polar surface area (TPSA) is 87.2 Å². The summed E-state index contributed by atoms with van der Waals surface area (Å²) in [5.41, 5.74) is 16.4. The number of alkyl halides is 12. The van der Waals surface area contributed by atoms with Crippen LogP contribution in [0, 0.1) is 62.3 Å². The second-order valence-electron chi connectivity index (χ2n) is 35.8. The van der Waals surface area contributed by atoms with E-state index in [1.165, 1.54) is 72.8 Å². The van der Waals surface area contributed by atoms with E-state index in [4.69, 9.17) is 29.9 Å². The standard InChI is InChI=1S/C65H48F6N4.C56H38F6N4/c1-37-29-39(3)58(40(4)30-37)45-25-27-56-50(33-45)51-34-46(59-41(5)31-38(2)32-42(59)6)26-28-57(51)75(56)60-52(48-21-13-15-23-54(48)64(66,67)68)35-47(36-53(60)49-22-14-16-24-55(49)65(69,70)71)63-73-61(43-17-9-7-10-18-43)72-62(74-63)44-19-11-8-12-20-44;1-33-28-34(2)50(35(3)29-33)38-26-27-49-43(30-38)42-22-12-15-25-48(42)66(49)51-44(40-20-10-13-23-46(40)55(57,58)59)31-39(32-45(51)41-21-11-14-24-47(41)56(60,61)62)54-64-52(36-16-6-4-7-17-36)63-53(65-54)37-18-8-5-9-19-37/h7-36H,1-6H3;4-32H,1-3H3. The van der Waals surface area contributed by atoms with Gasteiger partial charge in [-0.05, 0) is 242 Å². The minimum absolute atomic E-state index is 0.0118. The molecular formula is C121H86F12N8. The average Bonchev–Trinajstić information content (AvgIpc) is 1.51. The molecule has 0 fully saturated rings. The van der Waals surface area contributed by atoms with E-state index in [-0.39, 0.29) is 102 Å². The van der Waals surface area contributed by atoms with Crippen LogP contribution in [-0.4, -0.2) is 39.0 Å². The number of aryl methyl sites for hydroxylation is 9. The quantitative estimate of drug-likeness (QED) is 0.0951. The first kappa shape index (κ1) is 92.2. The molecule has 21 rings (SSSR count). The number of fused-ring (bicyclic) bond motifs is 6. The van der Waals surface area contributed by atoms with E-state index in [9.17, 15) is 0 Å². The highest BCUT2D eigenvalue weighted by atomic mass is 19.4. The van der Waals surface area contributed by atoms with Crippen molar-refractivity contribution in [2.75, 3.05) is 0 Å². The highest BCUT2D eigenvalue weighted by Crippen LogP contribution is 2.54. The summed E-state index contributed by atoms with van der Waals surface area (Å²) in [6.45, 7) is 18.5. The molecule has 0 saturated heterocycles. The van der Waals surface area contributed by atoms with Gasteiger partial charge in [0.05, 0.1) is 55.7 Å². The predicted molar refractivity (Wildman–Crippen MR) is 542 cm³/mol. The summed E-state index contributed by atoms with van der Waals surface area (Å²) >= 11 is 0. The Morgan fingerprint density at radius 1 is 0.177 bits per heavy atom. The van der Waals surface area contributed by atoms with Crippen LogP contribution in [0.1, 0.15) is 72.3 Å². The molecule has 0 aliphatic heterocycles. The van der Waals surface area contributed by atoms with Crippen molar-refractivity contribution >= 4 is 43.6 Å². The summed E-state index contributed by atoms with van der Waals surface area (Å²) in [5, 5.41) is 3.06. The van der Waals surface area contributed by atoms with Crippen LogP contribution in [0.3, 0.4) is 0 Å². The van der Waals surface area contributed by atoms with E-state index in [0.717, 1.165) is 129 Å². The fraction of sp³-hybridized carbons (Fsp3) is 0.107. The summed E-state index contributed by atoms with van der Waals surface area (Å²) in [4.78, 5) is 29.3. The number of halogens is 12. The molecule has 0 atom stereocenters. The Kier molecular flexibility index (Phi) is 23.8. The van der Waals surface area contributed by atoms with Crippen LogP contribution >= 0.6 is 0 Å². The maximum atomic E-state index is 15.7. The second-order valence-corrected chi connectivity index (χ2v) is 35.8. The molecule has 8 nitrogen and oxygen atoms in total. The Hall–Kier alpha value is -16.5. The molecule has 0 aliphatic rings. The lowest BCUT2D eigenvalue weighted by atomic mass is 9.88. The predicted octanol–water partition coefficient (Wildman–Crippen LogP) is 34.5. The minimum Gasteiger partial charge on any atom is -0.308 e. The van der Waals surface area contributed by atoms with Crippen LogP contribution in [0.4, 0.5) is 52.7 Å². The molecule has 4 heterocycles. The van der Waals surface area contributed by atoms with Gasteiger partial charge in [0, 0.05) is 77.2 Å². The van der Waals surface area contributed by atoms with Gasteiger partial charge in [-0.2, -0.15) is 52.7 Å². The van der Waals surface area contributed by atoms with Gasteiger partial charge in [0.25, 0.3) is 0 Å². The molecule has 4 aromatic heterocycles. The Morgan fingerprint density at radius 2 is 0.383 bits per heavy atom. The van der Waals surface area contributed by atoms with Gasteiger partial charge in [0.2, 0.25) is 0 Å². The highest BCUT2D eigenvalue weighted by Gasteiger charge is 2.41. The molecule has 694 valence electrons. The number of nitrogens with zero attached hydrogens (tertiary/aromatic N) is 8. The van der Waals surface area contributed by atoms with Gasteiger partial charge >= 0.3 is 24.7 Å². The summed E-state index contributed by atoms with van der Waals surface area (Å²) < 4.78 is 190. The van der Waals surface area contributed by atoms with Crippen molar-refractivity contribution in [1.29, 1.82) is 0 Å². The van der Waals surface area contributed by atoms with E-state index in [2.05, 4.69) is 110 Å². The van der Waals surface area contributed by atoms with Crippen molar-refractivity contribution in [3.05, 3.63) is 430 Å². The lowest BCUT2D eigenvalue weighted by Gasteiger charge is -2.24. The monoisotopic (exact) mass is 1880 g/mol. The van der Waals surface area contributed by atoms with Crippen molar-refractivity contribution in [1.82, 2.24) is 39.0 Å². The van der Waals surface area contributed by atoms with Crippen molar-refractivity contribution in [2.24, 2.45) is 0 Å². The maximum Gasteiger partial charge on any atom is 0.417 e. The second kappa shape index (κ2) is 36.5. The Balaban J connectivity index is 0.000000174. The van der Waals surface area contributed by atoms with Gasteiger partial charge in [-0.25, -0.2) is 29.9 Å². The van der Waals surface area contributed by atoms with Crippen molar-refractivity contribution in [3.63, 3.8) is 0 Å². The number of aromatic nitrogens is 8. The molecule has 17 aromatic carbocycles. The molecule has 0 spiro atoms. The lowest BCUT2D eigenvalue weighted by Crippen LogP contribution is -2.11. The number of benzene rings is 17. The number of hydrogen-bond acceptors (Lipinski definition) is 6. The summed E-state index contributed by atoms with van der Waals surface area (Å²) in [7, 11) is 0. The van der Waals surface area contributed by atoms with Crippen molar-refractivity contribution < 1.29 is 52.7 Å². The lowest BCUT2D eigenvalue weighted by molar-refractivity contribution is -0.137. The van der Waals surface area contributed by atoms with Gasteiger partial charge in [-0.3, -0.25) is 0 Å². The molecule has 141 heavy (non-hydrogen) atoms. The van der Waals surface area contributed by atoms with E-state index >= 15 is 52.7 Å². The van der Waals surface area contributed by atoms with E-state index < -0.39 is 47.0 Å². The molecule has 21 aromatic rings. The first-order valence-corrected chi connectivity index (χ1v) is 45.8. The van der Waals surface area contributed by atoms with Gasteiger partial charge in [0.15, 0.2) is 34.9 Å². The zero-order chi connectivity index (χ0) is 98.4. The largest absolute Gasteiger partial charge is 0.417 e. The Labute approximate surface area is 805 Å². The minimum atomic E-state index is -4.87. The van der Waals surface area contributed by atoms with E-state index in [1.54, 1.807) is 28.8 Å². The normalized spacial score (nSPS) is 12.0. The molecule has 0 saturated carbocycles. The van der Waals surface area contributed by atoms with Crippen LogP contribution in [-0.2, 0) is 24.7 Å². The zero-order valence-electron chi connectivity index (χ0n) is 77.7. The average molecular weight is 1880 g/mol. The van der Waals surface area contributed by atoms with Crippen LogP contribution in [0.2, 0.25) is 0 Å². The molecular weight excluding hydrogens is 1790 g/mol. The number of hydrogen-bond donors (Lipinski definition) is 0. The smallest absolute Gasteiger partial charge is 0.308 e. The molecule has 0 N–H and O–H groups in total. The molecule has 0 bridgehead atoms. The van der Waals surface area contributed by atoms with Crippen LogP contribution in [0.15, 0.2) is 358 Å². The third kappa shape index (κ3) is 17.6. The Morgan fingerprint density at radius 3 is 0.631 bits per heavy atom. The van der Waals surface area contributed by atoms with E-state index in [1.807, 2.05) is 193 Å². The molecule has 0 aliphatic carbocycles. The molecule has 20 heteroatoms. The third-order valence-corrected chi connectivity index (χ3v) is 26.0. The highest BCUT2D eigenvalue weighted by molar-refractivity contribution is 6.15. The van der Waals surface area contributed by atoms with Crippen LogP contribution in [0.5, 0.6) is 0 Å². The van der Waals surface area contributed by atoms with Gasteiger partial charge in [-0.15, -0.1) is 0 Å². The molecule has 0 amide bonds.